The predicted molar refractivity (Wildman–Crippen MR) is 177 cm³/mol. The quantitative estimate of drug-likeness (QED) is 0.185. The van der Waals surface area contributed by atoms with Crippen LogP contribution in [-0.4, -0.2) is 50.9 Å². The number of carbonyl (C=O) groups excluding carboxylic acids is 2. The van der Waals surface area contributed by atoms with Crippen LogP contribution in [0.5, 0.6) is 5.75 Å². The largest absolute Gasteiger partial charge is 0.497 e. The van der Waals surface area contributed by atoms with Crippen molar-refractivity contribution in [3.63, 3.8) is 0 Å². The van der Waals surface area contributed by atoms with Gasteiger partial charge >= 0.3 is 0 Å². The number of anilines is 1. The topological polar surface area (TPSA) is 96.0 Å². The second-order valence-corrected chi connectivity index (χ2v) is 13.0. The summed E-state index contributed by atoms with van der Waals surface area (Å²) in [6, 6.07) is 26.6. The van der Waals surface area contributed by atoms with Gasteiger partial charge in [-0.1, -0.05) is 73.2 Å². The summed E-state index contributed by atoms with van der Waals surface area (Å²) in [6.45, 7) is 4.75. The summed E-state index contributed by atoms with van der Waals surface area (Å²) in [5, 5.41) is 2.97. The zero-order valence-electron chi connectivity index (χ0n) is 26.5. The standard InChI is InChI=1S/C36H40FN3O5S/c1-5-27(3)38-36(42)34(23-28-11-7-6-8-12-28)39(24-29-13-9-10-14-33(29)37)35(41)25-40(30-17-19-31(45-4)20-18-30)46(43,44)32-21-15-26(2)16-22-32/h6-22,27,34H,5,23-25H2,1-4H3,(H,38,42)/t27-,34-/m0/s1. The van der Waals surface area contributed by atoms with E-state index < -0.39 is 40.2 Å². The van der Waals surface area contributed by atoms with Crippen LogP contribution in [0.3, 0.4) is 0 Å². The van der Waals surface area contributed by atoms with Crippen molar-refractivity contribution in [2.45, 2.75) is 57.1 Å². The van der Waals surface area contributed by atoms with Crippen molar-refractivity contribution in [2.75, 3.05) is 18.0 Å². The Kier molecular flexibility index (Phi) is 11.5. The second-order valence-electron chi connectivity index (χ2n) is 11.2. The highest BCUT2D eigenvalue weighted by atomic mass is 32.2. The first-order valence-corrected chi connectivity index (χ1v) is 16.6. The first-order chi connectivity index (χ1) is 22.0. The van der Waals surface area contributed by atoms with Gasteiger partial charge in [-0.3, -0.25) is 13.9 Å². The molecule has 0 fully saturated rings. The Labute approximate surface area is 270 Å². The normalized spacial score (nSPS) is 12.5. The summed E-state index contributed by atoms with van der Waals surface area (Å²) in [5.41, 5.74) is 2.09. The van der Waals surface area contributed by atoms with Gasteiger partial charge in [0.15, 0.2) is 0 Å². The summed E-state index contributed by atoms with van der Waals surface area (Å²) in [4.78, 5) is 29.6. The van der Waals surface area contributed by atoms with Crippen LogP contribution in [0.1, 0.15) is 37.0 Å². The number of carbonyl (C=O) groups is 2. The summed E-state index contributed by atoms with van der Waals surface area (Å²) in [7, 11) is -2.76. The molecule has 0 unspecified atom stereocenters. The van der Waals surface area contributed by atoms with Gasteiger partial charge in [0.25, 0.3) is 10.0 Å². The van der Waals surface area contributed by atoms with Gasteiger partial charge in [0.2, 0.25) is 11.8 Å². The van der Waals surface area contributed by atoms with E-state index in [9.17, 15) is 18.0 Å². The summed E-state index contributed by atoms with van der Waals surface area (Å²) < 4.78 is 49.6. The molecule has 0 spiro atoms. The number of benzene rings is 4. The Balaban J connectivity index is 1.82. The lowest BCUT2D eigenvalue weighted by Crippen LogP contribution is -2.54. The molecule has 0 heterocycles. The molecule has 0 aliphatic rings. The van der Waals surface area contributed by atoms with E-state index in [1.807, 2.05) is 51.1 Å². The first kappa shape index (κ1) is 34.2. The number of halogens is 1. The van der Waals surface area contributed by atoms with Gasteiger partial charge in [0.1, 0.15) is 24.2 Å². The van der Waals surface area contributed by atoms with Crippen molar-refractivity contribution in [3.05, 3.63) is 126 Å². The molecule has 4 aromatic carbocycles. The van der Waals surface area contributed by atoms with Gasteiger partial charge < -0.3 is 15.0 Å². The van der Waals surface area contributed by atoms with Gasteiger partial charge in [-0.05, 0) is 68.3 Å². The maximum Gasteiger partial charge on any atom is 0.264 e. The molecule has 0 radical (unpaired) electrons. The molecule has 8 nitrogen and oxygen atoms in total. The maximum absolute atomic E-state index is 15.1. The third-order valence-corrected chi connectivity index (χ3v) is 9.61. The van der Waals surface area contributed by atoms with Gasteiger partial charge in [-0.15, -0.1) is 0 Å². The molecular weight excluding hydrogens is 605 g/mol. The van der Waals surface area contributed by atoms with E-state index in [-0.39, 0.29) is 35.2 Å². The number of rotatable bonds is 14. The molecule has 0 aromatic heterocycles. The summed E-state index contributed by atoms with van der Waals surface area (Å²) in [6.07, 6.45) is 0.793. The predicted octanol–water partition coefficient (Wildman–Crippen LogP) is 5.89. The number of nitrogens with zero attached hydrogens (tertiary/aromatic N) is 2. The first-order valence-electron chi connectivity index (χ1n) is 15.1. The summed E-state index contributed by atoms with van der Waals surface area (Å²) in [5.74, 6) is -1.12. The lowest BCUT2D eigenvalue weighted by atomic mass is 10.0. The molecule has 0 aliphatic carbocycles. The van der Waals surface area contributed by atoms with Crippen molar-refractivity contribution in [3.8, 4) is 5.75 Å². The third kappa shape index (κ3) is 8.51. The average molecular weight is 646 g/mol. The number of nitrogens with one attached hydrogen (secondary N) is 1. The van der Waals surface area contributed by atoms with E-state index in [0.29, 0.717) is 12.2 Å². The van der Waals surface area contributed by atoms with Gasteiger partial charge in [0.05, 0.1) is 17.7 Å². The zero-order valence-corrected chi connectivity index (χ0v) is 27.3. The lowest BCUT2D eigenvalue weighted by molar-refractivity contribution is -0.140. The van der Waals surface area contributed by atoms with Crippen molar-refractivity contribution in [1.29, 1.82) is 0 Å². The number of hydrogen-bond donors (Lipinski definition) is 1. The molecule has 0 saturated carbocycles. The highest BCUT2D eigenvalue weighted by molar-refractivity contribution is 7.92. The fraction of sp³-hybridized carbons (Fsp3) is 0.278. The van der Waals surface area contributed by atoms with Gasteiger partial charge in [-0.25, -0.2) is 12.8 Å². The van der Waals surface area contributed by atoms with Crippen LogP contribution in [-0.2, 0) is 32.6 Å². The van der Waals surface area contributed by atoms with Crippen LogP contribution >= 0.6 is 0 Å². The molecule has 2 atom stereocenters. The maximum atomic E-state index is 15.1. The van der Waals surface area contributed by atoms with E-state index in [1.165, 1.54) is 30.2 Å². The van der Waals surface area contributed by atoms with Crippen molar-refractivity contribution < 1.29 is 27.1 Å². The van der Waals surface area contributed by atoms with E-state index in [4.69, 9.17) is 4.74 Å². The number of ether oxygens (including phenoxy) is 1. The molecule has 2 amide bonds. The number of amides is 2. The molecule has 0 aliphatic heterocycles. The van der Waals surface area contributed by atoms with Gasteiger partial charge in [0, 0.05) is 24.6 Å². The fourth-order valence-corrected chi connectivity index (χ4v) is 6.33. The van der Waals surface area contributed by atoms with Crippen LogP contribution < -0.4 is 14.4 Å². The average Bonchev–Trinajstić information content (AvgIpc) is 3.06. The van der Waals surface area contributed by atoms with E-state index >= 15 is 4.39 Å². The highest BCUT2D eigenvalue weighted by Crippen LogP contribution is 2.27. The second kappa shape index (κ2) is 15.5. The SMILES string of the molecule is CC[C@H](C)NC(=O)[C@H](Cc1ccccc1)N(Cc1ccccc1F)C(=O)CN(c1ccc(OC)cc1)S(=O)(=O)c1ccc(C)cc1. The van der Waals surface area contributed by atoms with Crippen LogP contribution in [0.15, 0.2) is 108 Å². The van der Waals surface area contributed by atoms with E-state index in [1.54, 1.807) is 54.6 Å². The number of hydrogen-bond acceptors (Lipinski definition) is 5. The minimum absolute atomic E-state index is 0.00211. The Hall–Kier alpha value is -4.70. The van der Waals surface area contributed by atoms with Crippen LogP contribution in [0, 0.1) is 12.7 Å². The molecule has 4 aromatic rings. The smallest absolute Gasteiger partial charge is 0.264 e. The highest BCUT2D eigenvalue weighted by Gasteiger charge is 2.35. The third-order valence-electron chi connectivity index (χ3n) is 7.82. The van der Waals surface area contributed by atoms with E-state index in [0.717, 1.165) is 15.4 Å². The fourth-order valence-electron chi connectivity index (χ4n) is 4.92. The van der Waals surface area contributed by atoms with E-state index in [2.05, 4.69) is 5.32 Å². The minimum atomic E-state index is -4.26. The Morgan fingerprint density at radius 1 is 0.891 bits per heavy atom. The molecule has 0 saturated heterocycles. The number of methoxy groups -OCH3 is 1. The molecular formula is C36H40FN3O5S. The lowest BCUT2D eigenvalue weighted by Gasteiger charge is -2.34. The molecule has 242 valence electrons. The Bertz CT molecular complexity index is 1720. The van der Waals surface area contributed by atoms with Crippen LogP contribution in [0.2, 0.25) is 0 Å². The molecule has 46 heavy (non-hydrogen) atoms. The molecule has 4 rings (SSSR count). The number of aryl methyl sites for hydroxylation is 1. The van der Waals surface area contributed by atoms with Crippen LogP contribution in [0.25, 0.3) is 0 Å². The van der Waals surface area contributed by atoms with Crippen molar-refractivity contribution >= 4 is 27.5 Å². The Morgan fingerprint density at radius 2 is 1.52 bits per heavy atom. The van der Waals surface area contributed by atoms with Crippen molar-refractivity contribution in [1.82, 2.24) is 10.2 Å². The Morgan fingerprint density at radius 3 is 2.13 bits per heavy atom. The molecule has 0 bridgehead atoms. The zero-order chi connectivity index (χ0) is 33.3. The molecule has 10 heteroatoms. The monoisotopic (exact) mass is 645 g/mol. The summed E-state index contributed by atoms with van der Waals surface area (Å²) >= 11 is 0. The minimum Gasteiger partial charge on any atom is -0.497 e. The number of sulfonamides is 1. The van der Waals surface area contributed by atoms with Crippen molar-refractivity contribution in [2.24, 2.45) is 0 Å². The molecule has 1 N–H and O–H groups in total. The van der Waals surface area contributed by atoms with Crippen LogP contribution in [0.4, 0.5) is 10.1 Å². The van der Waals surface area contributed by atoms with Gasteiger partial charge in [-0.2, -0.15) is 0 Å².